The van der Waals surface area contributed by atoms with Crippen molar-refractivity contribution in [2.45, 2.75) is 45.4 Å². The Hall–Kier alpha value is -1.69. The van der Waals surface area contributed by atoms with Crippen LogP contribution in [0.4, 0.5) is 0 Å². The molecule has 2 heterocycles. The molecule has 1 fully saturated rings. The molecule has 1 N–H and O–H groups in total. The predicted molar refractivity (Wildman–Crippen MR) is 72.0 cm³/mol. The van der Waals surface area contributed by atoms with Gasteiger partial charge in [-0.1, -0.05) is 0 Å². The Labute approximate surface area is 117 Å². The van der Waals surface area contributed by atoms with Crippen LogP contribution in [0.25, 0.3) is 0 Å². The molecule has 0 radical (unpaired) electrons. The van der Waals surface area contributed by atoms with Gasteiger partial charge in [0.2, 0.25) is 5.91 Å². The Morgan fingerprint density at radius 1 is 1.40 bits per heavy atom. The molecule has 2 unspecified atom stereocenters. The third kappa shape index (κ3) is 2.24. The van der Waals surface area contributed by atoms with Crippen LogP contribution in [-0.4, -0.2) is 34.0 Å². The molecule has 6 nitrogen and oxygen atoms in total. The average molecular weight is 277 g/mol. The summed E-state index contributed by atoms with van der Waals surface area (Å²) in [5.74, 6) is 0.748. The quantitative estimate of drug-likeness (QED) is 0.865. The number of ether oxygens (including phenoxy) is 1. The number of nitrogens with one attached hydrogen (secondary N) is 1. The van der Waals surface area contributed by atoms with Crippen LogP contribution in [-0.2, 0) is 22.6 Å². The normalized spacial score (nSPS) is 25.0. The second-order valence-corrected chi connectivity index (χ2v) is 5.64. The fraction of sp³-hybridized carbons (Fsp3) is 0.643. The van der Waals surface area contributed by atoms with Crippen molar-refractivity contribution in [2.75, 3.05) is 7.11 Å². The SMILES string of the molecule is COC1CCC(C(=O)N2Cc3nc(C)[nH]c(=O)c3C2)C1. The number of amides is 1. The van der Waals surface area contributed by atoms with E-state index in [1.807, 2.05) is 0 Å². The molecule has 3 rings (SSSR count). The third-order valence-corrected chi connectivity index (χ3v) is 4.29. The molecule has 1 amide bonds. The maximum Gasteiger partial charge on any atom is 0.256 e. The van der Waals surface area contributed by atoms with E-state index in [1.165, 1.54) is 0 Å². The lowest BCUT2D eigenvalue weighted by atomic mass is 10.1. The van der Waals surface area contributed by atoms with Crippen LogP contribution in [0.5, 0.6) is 0 Å². The van der Waals surface area contributed by atoms with Gasteiger partial charge in [0, 0.05) is 13.0 Å². The Kier molecular flexibility index (Phi) is 3.33. The van der Waals surface area contributed by atoms with Crippen LogP contribution in [0.15, 0.2) is 4.79 Å². The molecule has 2 atom stereocenters. The van der Waals surface area contributed by atoms with Gasteiger partial charge in [0.15, 0.2) is 0 Å². The minimum Gasteiger partial charge on any atom is -0.381 e. The summed E-state index contributed by atoms with van der Waals surface area (Å²) in [7, 11) is 1.69. The van der Waals surface area contributed by atoms with Crippen molar-refractivity contribution in [3.63, 3.8) is 0 Å². The number of aromatic nitrogens is 2. The zero-order valence-corrected chi connectivity index (χ0v) is 11.8. The Balaban J connectivity index is 1.74. The number of hydrogen-bond donors (Lipinski definition) is 1. The van der Waals surface area contributed by atoms with Crippen molar-refractivity contribution in [2.24, 2.45) is 5.92 Å². The van der Waals surface area contributed by atoms with Crippen LogP contribution in [0, 0.1) is 12.8 Å². The summed E-state index contributed by atoms with van der Waals surface area (Å²) >= 11 is 0. The van der Waals surface area contributed by atoms with Crippen LogP contribution in [0.2, 0.25) is 0 Å². The highest BCUT2D eigenvalue weighted by molar-refractivity contribution is 5.79. The minimum absolute atomic E-state index is 0.0226. The van der Waals surface area contributed by atoms with Crippen LogP contribution in [0.3, 0.4) is 0 Å². The predicted octanol–water partition coefficient (Wildman–Crippen LogP) is 0.736. The molecule has 2 aliphatic rings. The van der Waals surface area contributed by atoms with E-state index in [0.717, 1.165) is 25.0 Å². The molecule has 20 heavy (non-hydrogen) atoms. The van der Waals surface area contributed by atoms with E-state index in [2.05, 4.69) is 9.97 Å². The first-order valence-electron chi connectivity index (χ1n) is 6.98. The first-order chi connectivity index (χ1) is 9.58. The zero-order chi connectivity index (χ0) is 14.3. The lowest BCUT2D eigenvalue weighted by molar-refractivity contribution is -0.136. The molecule has 1 aromatic heterocycles. The van der Waals surface area contributed by atoms with Crippen molar-refractivity contribution in [3.05, 3.63) is 27.4 Å². The molecule has 1 aliphatic carbocycles. The molecule has 0 aromatic carbocycles. The first-order valence-corrected chi connectivity index (χ1v) is 6.98. The second-order valence-electron chi connectivity index (χ2n) is 5.64. The number of carbonyl (C=O) groups excluding carboxylic acids is 1. The van der Waals surface area contributed by atoms with E-state index in [1.54, 1.807) is 18.9 Å². The molecule has 1 saturated carbocycles. The van der Waals surface area contributed by atoms with Gasteiger partial charge in [-0.3, -0.25) is 9.59 Å². The van der Waals surface area contributed by atoms with Gasteiger partial charge in [-0.05, 0) is 26.2 Å². The van der Waals surface area contributed by atoms with Crippen molar-refractivity contribution in [1.29, 1.82) is 0 Å². The summed E-state index contributed by atoms with van der Waals surface area (Å²) in [6.45, 7) is 2.59. The molecule has 0 bridgehead atoms. The lowest BCUT2D eigenvalue weighted by Gasteiger charge is -2.19. The van der Waals surface area contributed by atoms with Crippen molar-refractivity contribution in [3.8, 4) is 0 Å². The number of hydrogen-bond acceptors (Lipinski definition) is 4. The number of methoxy groups -OCH3 is 1. The zero-order valence-electron chi connectivity index (χ0n) is 11.8. The number of H-pyrrole nitrogens is 1. The fourth-order valence-corrected chi connectivity index (χ4v) is 3.18. The van der Waals surface area contributed by atoms with E-state index in [4.69, 9.17) is 4.74 Å². The summed E-state index contributed by atoms with van der Waals surface area (Å²) in [4.78, 5) is 33.1. The van der Waals surface area contributed by atoms with E-state index >= 15 is 0 Å². The molecule has 1 aliphatic heterocycles. The maximum absolute atomic E-state index is 12.5. The van der Waals surface area contributed by atoms with Gasteiger partial charge in [0.25, 0.3) is 5.56 Å². The molecule has 6 heteroatoms. The summed E-state index contributed by atoms with van der Waals surface area (Å²) in [6, 6.07) is 0. The smallest absolute Gasteiger partial charge is 0.256 e. The highest BCUT2D eigenvalue weighted by Crippen LogP contribution is 2.31. The summed E-state index contributed by atoms with van der Waals surface area (Å²) in [6.07, 6.45) is 2.78. The van der Waals surface area contributed by atoms with Gasteiger partial charge in [-0.2, -0.15) is 0 Å². The summed E-state index contributed by atoms with van der Waals surface area (Å²) in [5.41, 5.74) is 1.25. The maximum atomic E-state index is 12.5. The molecule has 0 spiro atoms. The number of aromatic amines is 1. The van der Waals surface area contributed by atoms with Gasteiger partial charge in [0.05, 0.1) is 30.5 Å². The fourth-order valence-electron chi connectivity index (χ4n) is 3.18. The highest BCUT2D eigenvalue weighted by atomic mass is 16.5. The van der Waals surface area contributed by atoms with Gasteiger partial charge in [0.1, 0.15) is 5.82 Å². The summed E-state index contributed by atoms with van der Waals surface area (Å²) < 4.78 is 5.31. The molecule has 1 aromatic rings. The van der Waals surface area contributed by atoms with Crippen molar-refractivity contribution < 1.29 is 9.53 Å². The Morgan fingerprint density at radius 3 is 2.90 bits per heavy atom. The van der Waals surface area contributed by atoms with Crippen molar-refractivity contribution >= 4 is 5.91 Å². The topological polar surface area (TPSA) is 75.3 Å². The van der Waals surface area contributed by atoms with E-state index in [0.29, 0.717) is 24.5 Å². The molecule has 0 saturated heterocycles. The van der Waals surface area contributed by atoms with Gasteiger partial charge < -0.3 is 14.6 Å². The number of aryl methyl sites for hydroxylation is 1. The van der Waals surface area contributed by atoms with Gasteiger partial charge in [-0.25, -0.2) is 4.98 Å². The largest absolute Gasteiger partial charge is 0.381 e. The standard InChI is InChI=1S/C14H19N3O3/c1-8-15-12-7-17(6-11(12)13(18)16-8)14(19)9-3-4-10(5-9)20-2/h9-10H,3-7H2,1-2H3,(H,15,16,18). The van der Waals surface area contributed by atoms with E-state index in [9.17, 15) is 9.59 Å². The number of nitrogens with zero attached hydrogens (tertiary/aromatic N) is 2. The number of fused-ring (bicyclic) bond motifs is 1. The highest BCUT2D eigenvalue weighted by Gasteiger charge is 2.35. The van der Waals surface area contributed by atoms with Crippen LogP contribution < -0.4 is 5.56 Å². The third-order valence-electron chi connectivity index (χ3n) is 4.29. The van der Waals surface area contributed by atoms with Gasteiger partial charge in [-0.15, -0.1) is 0 Å². The van der Waals surface area contributed by atoms with Crippen molar-refractivity contribution in [1.82, 2.24) is 14.9 Å². The average Bonchev–Trinajstić information content (AvgIpc) is 3.03. The Morgan fingerprint density at radius 2 is 2.20 bits per heavy atom. The monoisotopic (exact) mass is 277 g/mol. The van der Waals surface area contributed by atoms with E-state index < -0.39 is 0 Å². The summed E-state index contributed by atoms with van der Waals surface area (Å²) in [5, 5.41) is 0. The second kappa shape index (κ2) is 5.01. The first kappa shape index (κ1) is 13.3. The van der Waals surface area contributed by atoms with Crippen LogP contribution in [0.1, 0.15) is 36.3 Å². The van der Waals surface area contributed by atoms with Gasteiger partial charge >= 0.3 is 0 Å². The Bertz CT molecular complexity index is 596. The molecular formula is C14H19N3O3. The number of carbonyl (C=O) groups is 1. The van der Waals surface area contributed by atoms with E-state index in [-0.39, 0.29) is 23.5 Å². The molecule has 108 valence electrons. The number of rotatable bonds is 2. The molecular weight excluding hydrogens is 258 g/mol. The lowest BCUT2D eigenvalue weighted by Crippen LogP contribution is -2.31. The minimum atomic E-state index is -0.121. The van der Waals surface area contributed by atoms with Crippen LogP contribution >= 0.6 is 0 Å².